The Labute approximate surface area is 164 Å². The second kappa shape index (κ2) is 7.01. The summed E-state index contributed by atoms with van der Waals surface area (Å²) in [5.41, 5.74) is 0. The van der Waals surface area contributed by atoms with E-state index in [9.17, 15) is 0 Å². The minimum atomic E-state index is -0.373. The molecule has 0 N–H and O–H groups in total. The van der Waals surface area contributed by atoms with Gasteiger partial charge in [-0.1, -0.05) is 23.5 Å². The Hall–Kier alpha value is -3.33. The lowest BCUT2D eigenvalue weighted by atomic mass is 10.2. The number of fused-ring (bicyclic) bond motifs is 2. The minimum absolute atomic E-state index is 0.338. The average molecular weight is 396 g/mol. The van der Waals surface area contributed by atoms with Gasteiger partial charge in [-0.2, -0.15) is 9.61 Å². The fourth-order valence-corrected chi connectivity index (χ4v) is 3.65. The molecule has 28 heavy (non-hydrogen) atoms. The number of para-hydroxylation sites is 2. The molecule has 0 fully saturated rings. The van der Waals surface area contributed by atoms with Crippen LogP contribution in [0, 0.1) is 0 Å². The molecule has 8 nitrogen and oxygen atoms in total. The number of hydrogen-bond donors (Lipinski definition) is 0. The van der Waals surface area contributed by atoms with Crippen LogP contribution in [0.3, 0.4) is 0 Å². The Bertz CT molecular complexity index is 1110. The SMILES string of the molecule is COc1ccc(OCc2nn3c([C@H]4COc5ccccc5O4)nnc3s2)cc1. The Morgan fingerprint density at radius 2 is 1.86 bits per heavy atom. The normalized spacial score (nSPS) is 15.5. The zero-order chi connectivity index (χ0) is 18.9. The van der Waals surface area contributed by atoms with Crippen LogP contribution in [0.4, 0.5) is 0 Å². The van der Waals surface area contributed by atoms with Crippen molar-refractivity contribution in [3.05, 3.63) is 59.4 Å². The number of benzene rings is 2. The molecule has 3 heterocycles. The second-order valence-corrected chi connectivity index (χ2v) is 7.12. The van der Waals surface area contributed by atoms with E-state index in [1.54, 1.807) is 11.6 Å². The van der Waals surface area contributed by atoms with Gasteiger partial charge in [0.15, 0.2) is 28.4 Å². The van der Waals surface area contributed by atoms with E-state index >= 15 is 0 Å². The molecule has 0 saturated heterocycles. The van der Waals surface area contributed by atoms with Gasteiger partial charge in [0.25, 0.3) is 0 Å². The number of nitrogens with zero attached hydrogens (tertiary/aromatic N) is 4. The Morgan fingerprint density at radius 1 is 1.07 bits per heavy atom. The lowest BCUT2D eigenvalue weighted by Crippen LogP contribution is -2.23. The second-order valence-electron chi connectivity index (χ2n) is 6.08. The number of ether oxygens (including phenoxy) is 4. The summed E-state index contributed by atoms with van der Waals surface area (Å²) in [7, 11) is 1.63. The van der Waals surface area contributed by atoms with Crippen LogP contribution in [0.2, 0.25) is 0 Å². The molecule has 0 aliphatic carbocycles. The van der Waals surface area contributed by atoms with E-state index in [1.807, 2.05) is 48.5 Å². The van der Waals surface area contributed by atoms with Crippen molar-refractivity contribution in [3.8, 4) is 23.0 Å². The van der Waals surface area contributed by atoms with Gasteiger partial charge in [0, 0.05) is 0 Å². The third-order valence-corrected chi connectivity index (χ3v) is 5.15. The summed E-state index contributed by atoms with van der Waals surface area (Å²) >= 11 is 1.43. The monoisotopic (exact) mass is 396 g/mol. The minimum Gasteiger partial charge on any atom is -0.497 e. The van der Waals surface area contributed by atoms with Gasteiger partial charge in [-0.3, -0.25) is 0 Å². The summed E-state index contributed by atoms with van der Waals surface area (Å²) in [6.45, 7) is 0.692. The predicted octanol–water partition coefficient (Wildman–Crippen LogP) is 3.29. The molecule has 2 aromatic heterocycles. The molecule has 5 rings (SSSR count). The Kier molecular flexibility index (Phi) is 4.21. The van der Waals surface area contributed by atoms with Gasteiger partial charge >= 0.3 is 0 Å². The largest absolute Gasteiger partial charge is 0.497 e. The molecule has 0 amide bonds. The van der Waals surface area contributed by atoms with E-state index in [1.165, 1.54) is 11.3 Å². The van der Waals surface area contributed by atoms with Crippen LogP contribution in [0.5, 0.6) is 23.0 Å². The highest BCUT2D eigenvalue weighted by Gasteiger charge is 2.28. The van der Waals surface area contributed by atoms with E-state index in [0.717, 1.165) is 22.3 Å². The zero-order valence-electron chi connectivity index (χ0n) is 14.9. The number of hydrogen-bond acceptors (Lipinski definition) is 8. The molecule has 0 saturated carbocycles. The smallest absolute Gasteiger partial charge is 0.234 e. The van der Waals surface area contributed by atoms with Crippen molar-refractivity contribution in [2.45, 2.75) is 12.7 Å². The molecule has 2 aromatic carbocycles. The van der Waals surface area contributed by atoms with E-state index in [4.69, 9.17) is 18.9 Å². The first-order valence-electron chi connectivity index (χ1n) is 8.66. The molecular weight excluding hydrogens is 380 g/mol. The van der Waals surface area contributed by atoms with Gasteiger partial charge < -0.3 is 18.9 Å². The first-order valence-corrected chi connectivity index (χ1v) is 9.48. The van der Waals surface area contributed by atoms with Crippen LogP contribution in [0.25, 0.3) is 4.96 Å². The Morgan fingerprint density at radius 3 is 2.68 bits per heavy atom. The number of rotatable bonds is 5. The molecule has 0 spiro atoms. The summed E-state index contributed by atoms with van der Waals surface area (Å²) in [4.78, 5) is 0.686. The Balaban J connectivity index is 1.33. The highest BCUT2D eigenvalue weighted by atomic mass is 32.1. The molecule has 0 bridgehead atoms. The summed E-state index contributed by atoms with van der Waals surface area (Å²) in [6.07, 6.45) is -0.373. The van der Waals surface area contributed by atoms with Crippen molar-refractivity contribution in [2.75, 3.05) is 13.7 Å². The van der Waals surface area contributed by atoms with Crippen LogP contribution >= 0.6 is 11.3 Å². The fraction of sp³-hybridized carbons (Fsp3) is 0.211. The molecule has 1 aliphatic heterocycles. The summed E-state index contributed by atoms with van der Waals surface area (Å²) in [5.74, 6) is 3.55. The van der Waals surface area contributed by atoms with Crippen molar-refractivity contribution in [3.63, 3.8) is 0 Å². The van der Waals surface area contributed by atoms with Gasteiger partial charge in [0.2, 0.25) is 4.96 Å². The fourth-order valence-electron chi connectivity index (χ4n) is 2.89. The van der Waals surface area contributed by atoms with E-state index < -0.39 is 0 Å². The summed E-state index contributed by atoms with van der Waals surface area (Å²) in [6, 6.07) is 15.0. The van der Waals surface area contributed by atoms with Crippen LogP contribution in [0.15, 0.2) is 48.5 Å². The van der Waals surface area contributed by atoms with Gasteiger partial charge in [0.1, 0.15) is 24.7 Å². The molecule has 0 radical (unpaired) electrons. The van der Waals surface area contributed by atoms with Crippen LogP contribution in [-0.4, -0.2) is 33.5 Å². The summed E-state index contributed by atoms with van der Waals surface area (Å²) in [5, 5.41) is 13.8. The quantitative estimate of drug-likeness (QED) is 0.512. The van der Waals surface area contributed by atoms with E-state index in [0.29, 0.717) is 29.7 Å². The molecule has 142 valence electrons. The van der Waals surface area contributed by atoms with Crippen LogP contribution in [0.1, 0.15) is 16.9 Å². The zero-order valence-corrected chi connectivity index (χ0v) is 15.8. The van der Waals surface area contributed by atoms with Gasteiger partial charge in [-0.25, -0.2) is 0 Å². The first kappa shape index (κ1) is 16.8. The predicted molar refractivity (Wildman–Crippen MR) is 101 cm³/mol. The van der Waals surface area contributed by atoms with Crippen LogP contribution in [-0.2, 0) is 6.61 Å². The molecule has 1 aliphatic rings. The molecule has 0 unspecified atom stereocenters. The van der Waals surface area contributed by atoms with Crippen molar-refractivity contribution < 1.29 is 18.9 Å². The molecular formula is C19H16N4O4S. The van der Waals surface area contributed by atoms with E-state index in [-0.39, 0.29) is 6.10 Å². The third kappa shape index (κ3) is 3.09. The van der Waals surface area contributed by atoms with Crippen molar-refractivity contribution >= 4 is 16.3 Å². The number of methoxy groups -OCH3 is 1. The molecule has 1 atom stereocenters. The van der Waals surface area contributed by atoms with Crippen molar-refractivity contribution in [2.24, 2.45) is 0 Å². The first-order chi connectivity index (χ1) is 13.8. The van der Waals surface area contributed by atoms with Crippen molar-refractivity contribution in [1.29, 1.82) is 0 Å². The van der Waals surface area contributed by atoms with Crippen molar-refractivity contribution in [1.82, 2.24) is 19.8 Å². The lowest BCUT2D eigenvalue weighted by molar-refractivity contribution is 0.0835. The number of aromatic nitrogens is 4. The van der Waals surface area contributed by atoms with Crippen LogP contribution < -0.4 is 18.9 Å². The topological polar surface area (TPSA) is 80.0 Å². The average Bonchev–Trinajstić information content (AvgIpc) is 3.32. The van der Waals surface area contributed by atoms with E-state index in [2.05, 4.69) is 15.3 Å². The molecule has 4 aromatic rings. The standard InChI is InChI=1S/C19H16N4O4S/c1-24-12-6-8-13(9-7-12)25-11-17-22-23-18(20-21-19(23)28-17)16-10-26-14-4-2-3-5-15(14)27-16/h2-9,16H,10-11H2,1H3/t16-/m1/s1. The maximum absolute atomic E-state index is 6.02. The highest BCUT2D eigenvalue weighted by Crippen LogP contribution is 2.35. The summed E-state index contributed by atoms with van der Waals surface area (Å²) < 4.78 is 24.4. The maximum Gasteiger partial charge on any atom is 0.234 e. The van der Waals surface area contributed by atoms with Gasteiger partial charge in [-0.05, 0) is 36.4 Å². The van der Waals surface area contributed by atoms with Gasteiger partial charge in [-0.15, -0.1) is 10.2 Å². The highest BCUT2D eigenvalue weighted by molar-refractivity contribution is 7.16. The molecule has 9 heteroatoms. The lowest BCUT2D eigenvalue weighted by Gasteiger charge is -2.24. The van der Waals surface area contributed by atoms with Gasteiger partial charge in [0.05, 0.1) is 7.11 Å². The maximum atomic E-state index is 6.02. The third-order valence-electron chi connectivity index (χ3n) is 4.28.